The van der Waals surface area contributed by atoms with Crippen LogP contribution in [0.25, 0.3) is 0 Å². The van der Waals surface area contributed by atoms with Crippen molar-refractivity contribution >= 4 is 9.76 Å². The molecule has 0 radical (unpaired) electrons. The molecule has 0 aliphatic heterocycles. The zero-order valence-electron chi connectivity index (χ0n) is 13.5. The normalized spacial score (nSPS) is 11.9. The summed E-state index contributed by atoms with van der Waals surface area (Å²) in [5.74, 6) is 0. The van der Waals surface area contributed by atoms with Crippen LogP contribution >= 0.6 is 0 Å². The van der Waals surface area contributed by atoms with E-state index in [9.17, 15) is 0 Å². The highest BCUT2D eigenvalue weighted by atomic mass is 28.2. The average Bonchev–Trinajstić information content (AvgIpc) is 2.65. The van der Waals surface area contributed by atoms with Gasteiger partial charge in [-0.2, -0.15) is 0 Å². The van der Waals surface area contributed by atoms with E-state index in [1.807, 2.05) is 0 Å². The van der Waals surface area contributed by atoms with Crippen molar-refractivity contribution in [2.24, 2.45) is 0 Å². The van der Waals surface area contributed by atoms with Gasteiger partial charge in [-0.15, -0.1) is 0 Å². The molecule has 23 heavy (non-hydrogen) atoms. The molecular formula is C21H22OSi. The average molecular weight is 318 g/mol. The van der Waals surface area contributed by atoms with Crippen LogP contribution < -0.4 is 0 Å². The number of hydrogen-bond acceptors (Lipinski definition) is 1. The molecular weight excluding hydrogens is 296 g/mol. The van der Waals surface area contributed by atoms with Gasteiger partial charge in [0.15, 0.2) is 9.76 Å². The molecule has 116 valence electrons. The van der Waals surface area contributed by atoms with Gasteiger partial charge in [-0.3, -0.25) is 0 Å². The quantitative estimate of drug-likeness (QED) is 0.489. The van der Waals surface area contributed by atoms with Crippen LogP contribution in [0.4, 0.5) is 0 Å². The minimum atomic E-state index is -0.480. The molecule has 3 aromatic rings. The number of hydrogen-bond donors (Lipinski definition) is 0. The van der Waals surface area contributed by atoms with Crippen molar-refractivity contribution in [2.75, 3.05) is 6.61 Å². The van der Waals surface area contributed by atoms with Gasteiger partial charge in [-0.1, -0.05) is 97.5 Å². The molecule has 0 fully saturated rings. The maximum Gasteiger partial charge on any atom is 0.158 e. The van der Waals surface area contributed by atoms with E-state index in [0.717, 1.165) is 0 Å². The summed E-state index contributed by atoms with van der Waals surface area (Å²) in [6, 6.07) is 32.1. The van der Waals surface area contributed by atoms with E-state index in [1.165, 1.54) is 16.7 Å². The first kappa shape index (κ1) is 15.7. The maximum absolute atomic E-state index is 6.10. The second-order valence-electron chi connectivity index (χ2n) is 5.64. The molecule has 1 nitrogen and oxygen atoms in total. The van der Waals surface area contributed by atoms with Crippen molar-refractivity contribution in [3.8, 4) is 0 Å². The molecule has 0 spiro atoms. The molecule has 0 unspecified atom stereocenters. The Balaban J connectivity index is 2.25. The number of rotatable bonds is 6. The van der Waals surface area contributed by atoms with Gasteiger partial charge in [0.2, 0.25) is 0 Å². The molecule has 3 aromatic carbocycles. The van der Waals surface area contributed by atoms with Crippen LogP contribution in [0.3, 0.4) is 0 Å². The summed E-state index contributed by atoms with van der Waals surface area (Å²) in [6.45, 7) is 2.87. The van der Waals surface area contributed by atoms with Crippen LogP contribution in [0.15, 0.2) is 91.0 Å². The fourth-order valence-corrected chi connectivity index (χ4v) is 3.68. The van der Waals surface area contributed by atoms with Gasteiger partial charge in [-0.25, -0.2) is 0 Å². The largest absolute Gasteiger partial charge is 0.423 e. The highest BCUT2D eigenvalue weighted by molar-refractivity contribution is 6.24. The monoisotopic (exact) mass is 318 g/mol. The van der Waals surface area contributed by atoms with E-state index in [4.69, 9.17) is 4.43 Å². The van der Waals surface area contributed by atoms with Crippen LogP contribution in [-0.4, -0.2) is 16.4 Å². The van der Waals surface area contributed by atoms with Crippen LogP contribution in [-0.2, 0) is 9.84 Å². The lowest BCUT2D eigenvalue weighted by Gasteiger charge is -2.36. The Morgan fingerprint density at radius 1 is 0.652 bits per heavy atom. The molecule has 0 aliphatic rings. The van der Waals surface area contributed by atoms with Crippen molar-refractivity contribution in [3.63, 3.8) is 0 Å². The third-order valence-electron chi connectivity index (χ3n) is 4.32. The fraction of sp³-hybridized carbons (Fsp3) is 0.143. The zero-order chi connectivity index (χ0) is 16.0. The number of benzene rings is 3. The molecule has 0 bridgehead atoms. The van der Waals surface area contributed by atoms with Gasteiger partial charge in [0.1, 0.15) is 0 Å². The third kappa shape index (κ3) is 3.14. The summed E-state index contributed by atoms with van der Waals surface area (Å²) < 4.78 is 6.10. The van der Waals surface area contributed by atoms with Crippen LogP contribution in [0.5, 0.6) is 0 Å². The van der Waals surface area contributed by atoms with Crippen molar-refractivity contribution in [3.05, 3.63) is 108 Å². The first-order chi connectivity index (χ1) is 11.4. The lowest BCUT2D eigenvalue weighted by Crippen LogP contribution is -2.35. The van der Waals surface area contributed by atoms with Gasteiger partial charge < -0.3 is 4.43 Å². The zero-order valence-corrected chi connectivity index (χ0v) is 14.9. The summed E-state index contributed by atoms with van der Waals surface area (Å²) in [5.41, 5.74) is 3.58. The SMILES string of the molecule is C[SiH2]OCC(c1ccccc1)(c1ccccc1)c1ccccc1. The Bertz CT molecular complexity index is 614. The van der Waals surface area contributed by atoms with Gasteiger partial charge in [0.25, 0.3) is 0 Å². The van der Waals surface area contributed by atoms with E-state index in [1.54, 1.807) is 0 Å². The van der Waals surface area contributed by atoms with Gasteiger partial charge in [0.05, 0.1) is 12.0 Å². The smallest absolute Gasteiger partial charge is 0.158 e. The molecule has 0 aliphatic carbocycles. The van der Waals surface area contributed by atoms with Crippen LogP contribution in [0.1, 0.15) is 16.7 Å². The highest BCUT2D eigenvalue weighted by Gasteiger charge is 2.36. The summed E-state index contributed by atoms with van der Waals surface area (Å²) in [5, 5.41) is 0. The van der Waals surface area contributed by atoms with Gasteiger partial charge in [0, 0.05) is 0 Å². The van der Waals surface area contributed by atoms with E-state index >= 15 is 0 Å². The Hall–Kier alpha value is -2.16. The molecule has 0 heterocycles. The Kier molecular flexibility index (Phi) is 5.06. The second-order valence-corrected chi connectivity index (χ2v) is 6.63. The predicted molar refractivity (Wildman–Crippen MR) is 99.6 cm³/mol. The molecule has 0 atom stereocenters. The lowest BCUT2D eigenvalue weighted by molar-refractivity contribution is 0.280. The van der Waals surface area contributed by atoms with E-state index in [-0.39, 0.29) is 5.41 Å². The predicted octanol–water partition coefficient (Wildman–Crippen LogP) is 4.17. The Morgan fingerprint density at radius 3 is 1.30 bits per heavy atom. The Morgan fingerprint density at radius 2 is 1.00 bits per heavy atom. The van der Waals surface area contributed by atoms with Crippen LogP contribution in [0, 0.1) is 0 Å². The minimum absolute atomic E-state index is 0.257. The van der Waals surface area contributed by atoms with E-state index in [2.05, 4.69) is 97.5 Å². The maximum atomic E-state index is 6.10. The first-order valence-electron chi connectivity index (χ1n) is 8.12. The van der Waals surface area contributed by atoms with Crippen molar-refractivity contribution in [1.82, 2.24) is 0 Å². The van der Waals surface area contributed by atoms with Crippen molar-refractivity contribution < 1.29 is 4.43 Å². The van der Waals surface area contributed by atoms with Gasteiger partial charge >= 0.3 is 0 Å². The molecule has 0 N–H and O–H groups in total. The first-order valence-corrected chi connectivity index (χ1v) is 10.1. The molecule has 2 heteroatoms. The molecule has 0 amide bonds. The Labute approximate surface area is 140 Å². The summed E-state index contributed by atoms with van der Waals surface area (Å²) in [6.07, 6.45) is 0. The summed E-state index contributed by atoms with van der Waals surface area (Å²) in [4.78, 5) is 0. The third-order valence-corrected chi connectivity index (χ3v) is 4.93. The lowest BCUT2D eigenvalue weighted by atomic mass is 9.70. The standard InChI is InChI=1S/C21H22OSi/c1-23-22-17-21(18-11-5-2-6-12-18,19-13-7-3-8-14-19)20-15-9-4-10-16-20/h2-16H,17,23H2,1H3. The molecule has 3 rings (SSSR count). The summed E-state index contributed by atoms with van der Waals surface area (Å²) in [7, 11) is -0.480. The van der Waals surface area contributed by atoms with E-state index in [0.29, 0.717) is 6.61 Å². The second kappa shape index (κ2) is 7.40. The molecule has 0 aromatic heterocycles. The fourth-order valence-electron chi connectivity index (χ4n) is 3.17. The summed E-state index contributed by atoms with van der Waals surface area (Å²) >= 11 is 0. The molecule has 0 saturated carbocycles. The topological polar surface area (TPSA) is 9.23 Å². The van der Waals surface area contributed by atoms with Crippen molar-refractivity contribution in [2.45, 2.75) is 12.0 Å². The molecule has 0 saturated heterocycles. The highest BCUT2D eigenvalue weighted by Crippen LogP contribution is 2.39. The minimum Gasteiger partial charge on any atom is -0.423 e. The van der Waals surface area contributed by atoms with Gasteiger partial charge in [-0.05, 0) is 16.7 Å². The van der Waals surface area contributed by atoms with Crippen LogP contribution in [0.2, 0.25) is 6.55 Å². The van der Waals surface area contributed by atoms with Crippen molar-refractivity contribution in [1.29, 1.82) is 0 Å². The van der Waals surface area contributed by atoms with E-state index < -0.39 is 9.76 Å².